The molecule has 3 aliphatic rings. The SMILES string of the molecule is CC1(C)[C@H]2CC[C@@]1(C)C(=O)N(CN1CCOCC1)C2=O. The van der Waals surface area contributed by atoms with Gasteiger partial charge in [0, 0.05) is 19.0 Å². The molecule has 3 fully saturated rings. The number of nitrogens with zero attached hydrogens (tertiary/aromatic N) is 2. The lowest BCUT2D eigenvalue weighted by molar-refractivity contribution is -0.171. The van der Waals surface area contributed by atoms with Gasteiger partial charge in [0.1, 0.15) is 0 Å². The predicted molar refractivity (Wildman–Crippen MR) is 73.7 cm³/mol. The highest BCUT2D eigenvalue weighted by Gasteiger charge is 2.64. The van der Waals surface area contributed by atoms with Crippen LogP contribution in [0.15, 0.2) is 0 Å². The molecule has 0 aromatic rings. The summed E-state index contributed by atoms with van der Waals surface area (Å²) in [7, 11) is 0. The van der Waals surface area contributed by atoms with Gasteiger partial charge in [-0.25, -0.2) is 0 Å². The van der Waals surface area contributed by atoms with Crippen LogP contribution in [0.2, 0.25) is 0 Å². The monoisotopic (exact) mass is 280 g/mol. The first-order valence-electron chi connectivity index (χ1n) is 7.54. The maximum Gasteiger partial charge on any atom is 0.236 e. The molecule has 0 spiro atoms. The molecular formula is C15H24N2O3. The third-order valence-electron chi connectivity index (χ3n) is 5.95. The van der Waals surface area contributed by atoms with Crippen LogP contribution in [0.4, 0.5) is 0 Å². The first-order valence-corrected chi connectivity index (χ1v) is 7.54. The topological polar surface area (TPSA) is 49.9 Å². The van der Waals surface area contributed by atoms with Gasteiger partial charge in [0.05, 0.1) is 25.3 Å². The smallest absolute Gasteiger partial charge is 0.236 e. The molecule has 0 N–H and O–H groups in total. The summed E-state index contributed by atoms with van der Waals surface area (Å²) in [6.45, 7) is 9.57. The number of fused-ring (bicyclic) bond motifs is 2. The highest BCUT2D eigenvalue weighted by Crippen LogP contribution is 2.59. The third kappa shape index (κ3) is 1.76. The van der Waals surface area contributed by atoms with E-state index >= 15 is 0 Å². The zero-order valence-electron chi connectivity index (χ0n) is 12.6. The molecule has 2 amide bonds. The molecule has 0 aromatic heterocycles. The number of rotatable bonds is 2. The summed E-state index contributed by atoms with van der Waals surface area (Å²) in [5.41, 5.74) is -0.611. The van der Waals surface area contributed by atoms with Crippen molar-refractivity contribution in [2.45, 2.75) is 33.6 Å². The van der Waals surface area contributed by atoms with Crippen molar-refractivity contribution in [3.8, 4) is 0 Å². The second-order valence-electron chi connectivity index (χ2n) is 7.09. The molecule has 1 saturated carbocycles. The lowest BCUT2D eigenvalue weighted by Gasteiger charge is -2.48. The fraction of sp³-hybridized carbons (Fsp3) is 0.867. The largest absolute Gasteiger partial charge is 0.379 e. The van der Waals surface area contributed by atoms with Crippen LogP contribution >= 0.6 is 0 Å². The van der Waals surface area contributed by atoms with E-state index in [0.717, 1.165) is 25.9 Å². The molecular weight excluding hydrogens is 256 g/mol. The van der Waals surface area contributed by atoms with Crippen LogP contribution in [0.1, 0.15) is 33.6 Å². The first-order chi connectivity index (χ1) is 9.38. The van der Waals surface area contributed by atoms with Crippen molar-refractivity contribution in [3.63, 3.8) is 0 Å². The second kappa shape index (κ2) is 4.53. The molecule has 1 aliphatic carbocycles. The van der Waals surface area contributed by atoms with Gasteiger partial charge in [-0.15, -0.1) is 0 Å². The Morgan fingerprint density at radius 3 is 2.50 bits per heavy atom. The highest BCUT2D eigenvalue weighted by molar-refractivity contribution is 6.03. The van der Waals surface area contributed by atoms with E-state index in [4.69, 9.17) is 4.74 Å². The number of likely N-dealkylation sites (tertiary alicyclic amines) is 1. The summed E-state index contributed by atoms with van der Waals surface area (Å²) in [4.78, 5) is 29.2. The van der Waals surface area contributed by atoms with Gasteiger partial charge in [0.2, 0.25) is 11.8 Å². The summed E-state index contributed by atoms with van der Waals surface area (Å²) in [5, 5.41) is 0. The predicted octanol–water partition coefficient (Wildman–Crippen LogP) is 1.09. The Hall–Kier alpha value is -0.940. The van der Waals surface area contributed by atoms with Gasteiger partial charge in [0.25, 0.3) is 0 Å². The lowest BCUT2D eigenvalue weighted by atomic mass is 9.62. The minimum atomic E-state index is -0.391. The Bertz CT molecular complexity index is 442. The van der Waals surface area contributed by atoms with Gasteiger partial charge in [-0.05, 0) is 18.3 Å². The average molecular weight is 280 g/mol. The van der Waals surface area contributed by atoms with Crippen LogP contribution < -0.4 is 0 Å². The molecule has 3 rings (SSSR count). The average Bonchev–Trinajstić information content (AvgIpc) is 2.61. The molecule has 2 bridgehead atoms. The van der Waals surface area contributed by atoms with Crippen LogP contribution in [0.3, 0.4) is 0 Å². The number of imide groups is 1. The maximum absolute atomic E-state index is 12.9. The van der Waals surface area contributed by atoms with Gasteiger partial charge < -0.3 is 4.74 Å². The lowest BCUT2D eigenvalue weighted by Crippen LogP contribution is -2.61. The normalized spacial score (nSPS) is 37.5. The van der Waals surface area contributed by atoms with Crippen molar-refractivity contribution < 1.29 is 14.3 Å². The standard InChI is InChI=1S/C15H24N2O3/c1-14(2)11-4-5-15(14,3)13(19)17(12(11)18)10-16-6-8-20-9-7-16/h11H,4-10H2,1-3H3/t11-,15-/m0/s1. The zero-order valence-corrected chi connectivity index (χ0v) is 12.6. The number of hydrogen-bond donors (Lipinski definition) is 0. The van der Waals surface area contributed by atoms with Crippen molar-refractivity contribution in [1.29, 1.82) is 0 Å². The van der Waals surface area contributed by atoms with Crippen LogP contribution in [0, 0.1) is 16.7 Å². The Morgan fingerprint density at radius 1 is 1.20 bits per heavy atom. The van der Waals surface area contributed by atoms with Crippen molar-refractivity contribution in [1.82, 2.24) is 9.80 Å². The number of carbonyl (C=O) groups is 2. The van der Waals surface area contributed by atoms with Gasteiger partial charge in [-0.1, -0.05) is 20.8 Å². The molecule has 0 radical (unpaired) electrons. The molecule has 0 aromatic carbocycles. The highest BCUT2D eigenvalue weighted by atomic mass is 16.5. The fourth-order valence-corrected chi connectivity index (χ4v) is 3.98. The third-order valence-corrected chi connectivity index (χ3v) is 5.95. The molecule has 2 atom stereocenters. The number of morpholine rings is 1. The van der Waals surface area contributed by atoms with E-state index in [-0.39, 0.29) is 23.1 Å². The van der Waals surface area contributed by atoms with E-state index in [1.807, 2.05) is 6.92 Å². The fourth-order valence-electron chi connectivity index (χ4n) is 3.98. The minimum Gasteiger partial charge on any atom is -0.379 e. The molecule has 5 heteroatoms. The van der Waals surface area contributed by atoms with Gasteiger partial charge in [-0.2, -0.15) is 0 Å². The summed E-state index contributed by atoms with van der Waals surface area (Å²) in [6, 6.07) is 0. The van der Waals surface area contributed by atoms with E-state index in [1.165, 1.54) is 4.90 Å². The van der Waals surface area contributed by atoms with E-state index in [9.17, 15) is 9.59 Å². The number of hydrogen-bond acceptors (Lipinski definition) is 4. The van der Waals surface area contributed by atoms with Gasteiger partial charge in [-0.3, -0.25) is 19.4 Å². The number of ether oxygens (including phenoxy) is 1. The second-order valence-corrected chi connectivity index (χ2v) is 7.09. The maximum atomic E-state index is 12.9. The quantitative estimate of drug-likeness (QED) is 0.710. The summed E-state index contributed by atoms with van der Waals surface area (Å²) in [5.74, 6) is 0.0421. The summed E-state index contributed by atoms with van der Waals surface area (Å²) < 4.78 is 5.32. The molecule has 112 valence electrons. The van der Waals surface area contributed by atoms with E-state index in [1.54, 1.807) is 0 Å². The van der Waals surface area contributed by atoms with Gasteiger partial charge >= 0.3 is 0 Å². The summed E-state index contributed by atoms with van der Waals surface area (Å²) in [6.07, 6.45) is 1.67. The molecule has 5 nitrogen and oxygen atoms in total. The number of carbonyl (C=O) groups excluding carboxylic acids is 2. The molecule has 20 heavy (non-hydrogen) atoms. The Balaban J connectivity index is 1.83. The van der Waals surface area contributed by atoms with Crippen molar-refractivity contribution in [2.24, 2.45) is 16.7 Å². The number of piperidine rings is 1. The molecule has 2 saturated heterocycles. The Kier molecular flexibility index (Phi) is 3.18. The zero-order chi connectivity index (χ0) is 14.5. The van der Waals surface area contributed by atoms with Crippen LogP contribution in [-0.4, -0.2) is 54.6 Å². The molecule has 2 heterocycles. The van der Waals surface area contributed by atoms with Crippen LogP contribution in [0.5, 0.6) is 0 Å². The van der Waals surface area contributed by atoms with Crippen molar-refractivity contribution in [3.05, 3.63) is 0 Å². The van der Waals surface area contributed by atoms with Crippen LogP contribution in [0.25, 0.3) is 0 Å². The van der Waals surface area contributed by atoms with Crippen LogP contribution in [-0.2, 0) is 14.3 Å². The van der Waals surface area contributed by atoms with Gasteiger partial charge in [0.15, 0.2) is 0 Å². The number of amides is 2. The minimum absolute atomic E-state index is 0.00811. The van der Waals surface area contributed by atoms with E-state index in [0.29, 0.717) is 19.9 Å². The van der Waals surface area contributed by atoms with Crippen molar-refractivity contribution >= 4 is 11.8 Å². The van der Waals surface area contributed by atoms with Crippen molar-refractivity contribution in [2.75, 3.05) is 33.0 Å². The first kappa shape index (κ1) is 14.0. The molecule has 2 aliphatic heterocycles. The Morgan fingerprint density at radius 2 is 1.85 bits per heavy atom. The van der Waals surface area contributed by atoms with E-state index < -0.39 is 5.41 Å². The van der Waals surface area contributed by atoms with E-state index in [2.05, 4.69) is 18.7 Å². The molecule has 0 unspecified atom stereocenters. The summed E-state index contributed by atoms with van der Waals surface area (Å²) >= 11 is 0. The Labute approximate surface area is 120 Å².